The molecule has 0 radical (unpaired) electrons. The van der Waals surface area contributed by atoms with Crippen LogP contribution >= 0.6 is 11.8 Å². The van der Waals surface area contributed by atoms with E-state index in [9.17, 15) is 0 Å². The minimum Gasteiger partial charge on any atom is -0.496 e. The first-order chi connectivity index (χ1) is 8.12. The molecule has 17 heavy (non-hydrogen) atoms. The van der Waals surface area contributed by atoms with E-state index in [0.717, 1.165) is 28.6 Å². The molecule has 1 aromatic carbocycles. The third kappa shape index (κ3) is 3.73. The molecule has 0 aliphatic rings. The normalized spacial score (nSPS) is 10.5. The van der Waals surface area contributed by atoms with Crippen molar-refractivity contribution in [3.05, 3.63) is 17.7 Å². The molecule has 0 saturated heterocycles. The number of rotatable bonds is 6. The molecule has 0 saturated carbocycles. The summed E-state index contributed by atoms with van der Waals surface area (Å²) in [6, 6.07) is 3.78. The molecule has 1 rings (SSSR count). The summed E-state index contributed by atoms with van der Waals surface area (Å²) in [5.74, 6) is 3.24. The van der Waals surface area contributed by atoms with Gasteiger partial charge in [-0.25, -0.2) is 0 Å². The summed E-state index contributed by atoms with van der Waals surface area (Å²) in [4.78, 5) is 0. The van der Waals surface area contributed by atoms with Crippen molar-refractivity contribution in [3.63, 3.8) is 0 Å². The maximum absolute atomic E-state index is 5.39. The van der Waals surface area contributed by atoms with E-state index in [1.165, 1.54) is 0 Å². The van der Waals surface area contributed by atoms with E-state index in [1.54, 1.807) is 21.3 Å². The second-order valence-corrected chi connectivity index (χ2v) is 5.44. The summed E-state index contributed by atoms with van der Waals surface area (Å²) in [7, 11) is 4.96. The third-order valence-electron chi connectivity index (χ3n) is 2.38. The fourth-order valence-corrected chi connectivity index (χ4v) is 2.25. The fraction of sp³-hybridized carbons (Fsp3) is 0.538. The summed E-state index contributed by atoms with van der Waals surface area (Å²) >= 11 is 1.86. The van der Waals surface area contributed by atoms with Crippen molar-refractivity contribution in [2.45, 2.75) is 24.9 Å². The van der Waals surface area contributed by atoms with Crippen molar-refractivity contribution in [1.29, 1.82) is 0 Å². The highest BCUT2D eigenvalue weighted by molar-refractivity contribution is 7.99. The molecule has 0 fully saturated rings. The van der Waals surface area contributed by atoms with Crippen LogP contribution in [0.5, 0.6) is 17.2 Å². The first-order valence-corrected chi connectivity index (χ1v) is 6.57. The van der Waals surface area contributed by atoms with Gasteiger partial charge in [-0.1, -0.05) is 13.8 Å². The van der Waals surface area contributed by atoms with E-state index in [-0.39, 0.29) is 0 Å². The average Bonchev–Trinajstić information content (AvgIpc) is 2.34. The van der Waals surface area contributed by atoms with E-state index >= 15 is 0 Å². The molecular formula is C13H20O3S. The third-order valence-corrected chi connectivity index (χ3v) is 3.50. The smallest absolute Gasteiger partial charge is 0.130 e. The van der Waals surface area contributed by atoms with Gasteiger partial charge in [0.25, 0.3) is 0 Å². The lowest BCUT2D eigenvalue weighted by molar-refractivity contribution is 0.371. The molecule has 0 aromatic heterocycles. The van der Waals surface area contributed by atoms with Crippen LogP contribution in [0.3, 0.4) is 0 Å². The molecule has 0 atom stereocenters. The first-order valence-electron chi connectivity index (χ1n) is 5.52. The van der Waals surface area contributed by atoms with Gasteiger partial charge < -0.3 is 14.2 Å². The highest BCUT2D eigenvalue weighted by Gasteiger charge is 2.13. The summed E-state index contributed by atoms with van der Waals surface area (Å²) in [6.07, 6.45) is 0. The Balaban J connectivity index is 3.06. The monoisotopic (exact) mass is 256 g/mol. The topological polar surface area (TPSA) is 27.7 Å². The lowest BCUT2D eigenvalue weighted by Crippen LogP contribution is -1.98. The summed E-state index contributed by atoms with van der Waals surface area (Å²) in [6.45, 7) is 4.35. The van der Waals surface area contributed by atoms with Crippen LogP contribution in [0.1, 0.15) is 19.4 Å². The van der Waals surface area contributed by atoms with Gasteiger partial charge in [0, 0.05) is 23.4 Å². The van der Waals surface area contributed by atoms with Crippen LogP contribution in [-0.4, -0.2) is 26.6 Å². The Morgan fingerprint density at radius 3 is 1.88 bits per heavy atom. The van der Waals surface area contributed by atoms with Gasteiger partial charge in [0.05, 0.1) is 21.3 Å². The maximum Gasteiger partial charge on any atom is 0.130 e. The summed E-state index contributed by atoms with van der Waals surface area (Å²) in [5.41, 5.74) is 1.08. The molecule has 0 heterocycles. The molecule has 0 aliphatic carbocycles. The van der Waals surface area contributed by atoms with Crippen molar-refractivity contribution < 1.29 is 14.2 Å². The van der Waals surface area contributed by atoms with Gasteiger partial charge in [-0.3, -0.25) is 0 Å². The van der Waals surface area contributed by atoms with Crippen molar-refractivity contribution in [3.8, 4) is 17.2 Å². The number of hydrogen-bond acceptors (Lipinski definition) is 4. The van der Waals surface area contributed by atoms with Gasteiger partial charge in [0.2, 0.25) is 0 Å². The molecule has 1 aromatic rings. The first kappa shape index (κ1) is 14.0. The van der Waals surface area contributed by atoms with E-state index in [0.29, 0.717) is 5.25 Å². The van der Waals surface area contributed by atoms with Crippen LogP contribution in [-0.2, 0) is 5.75 Å². The van der Waals surface area contributed by atoms with Crippen molar-refractivity contribution in [1.82, 2.24) is 0 Å². The van der Waals surface area contributed by atoms with E-state index in [1.807, 2.05) is 23.9 Å². The van der Waals surface area contributed by atoms with Crippen LogP contribution in [0.2, 0.25) is 0 Å². The fourth-order valence-electron chi connectivity index (χ4n) is 1.47. The van der Waals surface area contributed by atoms with Gasteiger partial charge in [-0.05, 0) is 5.25 Å². The average molecular weight is 256 g/mol. The molecule has 4 heteroatoms. The molecule has 0 amide bonds. The Kier molecular flexibility index (Phi) is 5.48. The minimum atomic E-state index is 0.575. The SMILES string of the molecule is COc1cc(OC)c(CSC(C)C)c(OC)c1. The molecule has 0 unspecified atom stereocenters. The Morgan fingerprint density at radius 1 is 1.00 bits per heavy atom. The second kappa shape index (κ2) is 6.64. The molecule has 0 N–H and O–H groups in total. The molecule has 0 aliphatic heterocycles. The minimum absolute atomic E-state index is 0.575. The van der Waals surface area contributed by atoms with Gasteiger partial charge in [-0.2, -0.15) is 11.8 Å². The summed E-state index contributed by atoms with van der Waals surface area (Å²) in [5, 5.41) is 0.575. The molecule has 0 spiro atoms. The Bertz CT molecular complexity index is 339. The van der Waals surface area contributed by atoms with Gasteiger partial charge in [0.1, 0.15) is 17.2 Å². The van der Waals surface area contributed by atoms with Crippen LogP contribution in [0.15, 0.2) is 12.1 Å². The Morgan fingerprint density at radius 2 is 1.53 bits per heavy atom. The van der Waals surface area contributed by atoms with Crippen LogP contribution in [0.25, 0.3) is 0 Å². The predicted molar refractivity (Wildman–Crippen MR) is 72.5 cm³/mol. The molecular weight excluding hydrogens is 236 g/mol. The zero-order chi connectivity index (χ0) is 12.8. The van der Waals surface area contributed by atoms with Gasteiger partial charge in [0.15, 0.2) is 0 Å². The number of methoxy groups -OCH3 is 3. The van der Waals surface area contributed by atoms with Crippen LogP contribution in [0, 0.1) is 0 Å². The molecule has 96 valence electrons. The Labute approximate surface area is 107 Å². The Hall–Kier alpha value is -1.03. The lowest BCUT2D eigenvalue weighted by Gasteiger charge is -2.15. The van der Waals surface area contributed by atoms with Gasteiger partial charge in [-0.15, -0.1) is 0 Å². The number of thioether (sulfide) groups is 1. The zero-order valence-corrected chi connectivity index (χ0v) is 11.9. The van der Waals surface area contributed by atoms with Crippen LogP contribution in [0.4, 0.5) is 0 Å². The van der Waals surface area contributed by atoms with Crippen molar-refractivity contribution in [2.24, 2.45) is 0 Å². The number of ether oxygens (including phenoxy) is 3. The maximum atomic E-state index is 5.39. The predicted octanol–water partition coefficient (Wildman–Crippen LogP) is 3.35. The molecule has 3 nitrogen and oxygen atoms in total. The van der Waals surface area contributed by atoms with Crippen LogP contribution < -0.4 is 14.2 Å². The lowest BCUT2D eigenvalue weighted by atomic mass is 10.2. The molecule has 0 bridgehead atoms. The van der Waals surface area contributed by atoms with E-state index in [4.69, 9.17) is 14.2 Å². The second-order valence-electron chi connectivity index (χ2n) is 3.87. The number of benzene rings is 1. The van der Waals surface area contributed by atoms with Gasteiger partial charge >= 0.3 is 0 Å². The summed E-state index contributed by atoms with van der Waals surface area (Å²) < 4.78 is 16.0. The largest absolute Gasteiger partial charge is 0.496 e. The quantitative estimate of drug-likeness (QED) is 0.780. The highest BCUT2D eigenvalue weighted by Crippen LogP contribution is 2.37. The number of hydrogen-bond donors (Lipinski definition) is 0. The van der Waals surface area contributed by atoms with E-state index in [2.05, 4.69) is 13.8 Å². The van der Waals surface area contributed by atoms with Crippen molar-refractivity contribution in [2.75, 3.05) is 21.3 Å². The zero-order valence-electron chi connectivity index (χ0n) is 11.1. The van der Waals surface area contributed by atoms with Crippen molar-refractivity contribution >= 4 is 11.8 Å². The van der Waals surface area contributed by atoms with E-state index < -0.39 is 0 Å². The highest BCUT2D eigenvalue weighted by atomic mass is 32.2. The standard InChI is InChI=1S/C13H20O3S/c1-9(2)17-8-11-12(15-4)6-10(14-3)7-13(11)16-5/h6-7,9H,8H2,1-5H3.